The predicted molar refractivity (Wildman–Crippen MR) is 87.2 cm³/mol. The molecule has 2 aromatic rings. The van der Waals surface area contributed by atoms with Crippen LogP contribution < -0.4 is 9.62 Å². The summed E-state index contributed by atoms with van der Waals surface area (Å²) in [6.07, 6.45) is 1.01. The van der Waals surface area contributed by atoms with Crippen LogP contribution in [-0.4, -0.2) is 38.8 Å². The van der Waals surface area contributed by atoms with Crippen molar-refractivity contribution in [3.63, 3.8) is 0 Å². The second-order valence-corrected chi connectivity index (χ2v) is 7.30. The average molecular weight is 376 g/mol. The van der Waals surface area contributed by atoms with Crippen LogP contribution in [0.4, 0.5) is 10.2 Å². The molecule has 24 heavy (non-hydrogen) atoms. The summed E-state index contributed by atoms with van der Waals surface area (Å²) in [5.41, 5.74) is -0.289. The molecule has 10 heteroatoms. The lowest BCUT2D eigenvalue weighted by Gasteiger charge is -2.19. The number of aryl methyl sites for hydroxylation is 1. The number of hydrogen-bond acceptors (Lipinski definition) is 5. The van der Waals surface area contributed by atoms with E-state index in [0.29, 0.717) is 5.76 Å². The summed E-state index contributed by atoms with van der Waals surface area (Å²) in [4.78, 5) is 12.0. The highest BCUT2D eigenvalue weighted by Crippen LogP contribution is 2.19. The smallest absolute Gasteiger partial charge is 0.255 e. The monoisotopic (exact) mass is 375 g/mol. The van der Waals surface area contributed by atoms with Crippen LogP contribution in [0.15, 0.2) is 28.8 Å². The fraction of sp³-hybridized carbons (Fsp3) is 0.286. The van der Waals surface area contributed by atoms with Gasteiger partial charge in [-0.3, -0.25) is 4.79 Å². The van der Waals surface area contributed by atoms with Gasteiger partial charge in [-0.15, -0.1) is 0 Å². The van der Waals surface area contributed by atoms with Crippen molar-refractivity contribution in [2.75, 3.05) is 23.7 Å². The van der Waals surface area contributed by atoms with Gasteiger partial charge in [-0.2, -0.15) is 0 Å². The zero-order valence-electron chi connectivity index (χ0n) is 12.9. The van der Waals surface area contributed by atoms with Crippen LogP contribution in [0.25, 0.3) is 0 Å². The molecule has 0 atom stereocenters. The molecule has 0 saturated carbocycles. The summed E-state index contributed by atoms with van der Waals surface area (Å²) >= 11 is 5.81. The zero-order chi connectivity index (χ0) is 17.9. The molecule has 0 radical (unpaired) electrons. The maximum Gasteiger partial charge on any atom is 0.255 e. The Morgan fingerprint density at radius 3 is 2.71 bits per heavy atom. The number of nitrogens with one attached hydrogen (secondary N) is 1. The molecule has 1 heterocycles. The number of carbonyl (C=O) groups is 1. The van der Waals surface area contributed by atoms with E-state index in [2.05, 4.69) is 10.5 Å². The van der Waals surface area contributed by atoms with Crippen LogP contribution in [0.3, 0.4) is 0 Å². The van der Waals surface area contributed by atoms with E-state index in [1.165, 1.54) is 18.2 Å². The van der Waals surface area contributed by atoms with Crippen LogP contribution in [0, 0.1) is 12.7 Å². The van der Waals surface area contributed by atoms with E-state index in [1.807, 2.05) is 0 Å². The van der Waals surface area contributed by atoms with Crippen molar-refractivity contribution in [2.24, 2.45) is 0 Å². The Morgan fingerprint density at radius 1 is 1.46 bits per heavy atom. The molecule has 0 bridgehead atoms. The van der Waals surface area contributed by atoms with Crippen molar-refractivity contribution in [1.82, 2.24) is 10.5 Å². The molecular weight excluding hydrogens is 361 g/mol. The van der Waals surface area contributed by atoms with Gasteiger partial charge in [0.2, 0.25) is 10.0 Å². The molecule has 0 unspecified atom stereocenters. The Morgan fingerprint density at radius 2 is 2.17 bits per heavy atom. The summed E-state index contributed by atoms with van der Waals surface area (Å²) < 4.78 is 43.2. The first-order chi connectivity index (χ1) is 11.2. The number of rotatable bonds is 6. The van der Waals surface area contributed by atoms with Gasteiger partial charge in [0.05, 0.1) is 23.4 Å². The number of anilines is 1. The molecule has 1 aromatic carbocycles. The maximum absolute atomic E-state index is 13.7. The third kappa shape index (κ3) is 4.24. The number of halogens is 2. The van der Waals surface area contributed by atoms with Crippen LogP contribution in [0.2, 0.25) is 5.02 Å². The SMILES string of the molecule is Cc1cc(N(CCNC(=O)c2c(F)cccc2Cl)S(C)(=O)=O)no1. The number of amides is 1. The van der Waals surface area contributed by atoms with E-state index in [-0.39, 0.29) is 29.5 Å². The first-order valence-electron chi connectivity index (χ1n) is 6.83. The first-order valence-corrected chi connectivity index (χ1v) is 9.06. The van der Waals surface area contributed by atoms with Crippen molar-refractivity contribution in [2.45, 2.75) is 6.92 Å². The molecule has 0 aliphatic carbocycles. The summed E-state index contributed by atoms with van der Waals surface area (Å²) in [5.74, 6) is -0.941. The van der Waals surface area contributed by atoms with Crippen molar-refractivity contribution in [1.29, 1.82) is 0 Å². The van der Waals surface area contributed by atoms with Gasteiger partial charge in [0.15, 0.2) is 5.82 Å². The van der Waals surface area contributed by atoms with E-state index in [1.54, 1.807) is 6.92 Å². The number of nitrogens with zero attached hydrogens (tertiary/aromatic N) is 2. The standard InChI is InChI=1S/C14H15ClFN3O4S/c1-9-8-12(18-23-9)19(24(2,21)22)7-6-17-14(20)13-10(15)4-3-5-11(13)16/h3-5,8H,6-7H2,1-2H3,(H,17,20). The number of sulfonamides is 1. The fourth-order valence-electron chi connectivity index (χ4n) is 2.00. The van der Waals surface area contributed by atoms with E-state index in [9.17, 15) is 17.6 Å². The molecule has 1 N–H and O–H groups in total. The van der Waals surface area contributed by atoms with E-state index in [0.717, 1.165) is 16.6 Å². The summed E-state index contributed by atoms with van der Waals surface area (Å²) in [6, 6.07) is 5.34. The first kappa shape index (κ1) is 18.2. The molecule has 0 spiro atoms. The number of carbonyl (C=O) groups excluding carboxylic acids is 1. The second-order valence-electron chi connectivity index (χ2n) is 4.98. The minimum atomic E-state index is -3.62. The molecule has 0 fully saturated rings. The van der Waals surface area contributed by atoms with Crippen LogP contribution >= 0.6 is 11.6 Å². The fourth-order valence-corrected chi connectivity index (χ4v) is 3.09. The number of hydrogen-bond donors (Lipinski definition) is 1. The van der Waals surface area contributed by atoms with Crippen molar-refractivity contribution < 1.29 is 22.1 Å². The second kappa shape index (κ2) is 7.18. The van der Waals surface area contributed by atoms with E-state index in [4.69, 9.17) is 16.1 Å². The Balaban J connectivity index is 2.07. The predicted octanol–water partition coefficient (Wildman–Crippen LogP) is 1.97. The third-order valence-electron chi connectivity index (χ3n) is 3.06. The van der Waals surface area contributed by atoms with Gasteiger partial charge in [-0.1, -0.05) is 22.8 Å². The lowest BCUT2D eigenvalue weighted by Crippen LogP contribution is -2.38. The molecule has 0 aliphatic rings. The normalized spacial score (nSPS) is 11.3. The van der Waals surface area contributed by atoms with Crippen molar-refractivity contribution in [3.05, 3.63) is 46.4 Å². The minimum absolute atomic E-state index is 0.0282. The summed E-state index contributed by atoms with van der Waals surface area (Å²) in [7, 11) is -3.62. The highest BCUT2D eigenvalue weighted by molar-refractivity contribution is 7.92. The Hall–Kier alpha value is -2.13. The number of benzene rings is 1. The third-order valence-corrected chi connectivity index (χ3v) is 4.55. The van der Waals surface area contributed by atoms with Gasteiger partial charge < -0.3 is 9.84 Å². The van der Waals surface area contributed by atoms with Gasteiger partial charge in [-0.05, 0) is 19.1 Å². The molecule has 1 aromatic heterocycles. The lowest BCUT2D eigenvalue weighted by molar-refractivity contribution is 0.0951. The average Bonchev–Trinajstić information content (AvgIpc) is 2.88. The lowest BCUT2D eigenvalue weighted by atomic mass is 10.2. The molecule has 0 saturated heterocycles. The molecule has 0 aliphatic heterocycles. The van der Waals surface area contributed by atoms with Gasteiger partial charge in [0.25, 0.3) is 5.91 Å². The largest absolute Gasteiger partial charge is 0.360 e. The van der Waals surface area contributed by atoms with E-state index < -0.39 is 21.7 Å². The highest BCUT2D eigenvalue weighted by Gasteiger charge is 2.21. The highest BCUT2D eigenvalue weighted by atomic mass is 35.5. The maximum atomic E-state index is 13.7. The van der Waals surface area contributed by atoms with Gasteiger partial charge >= 0.3 is 0 Å². The summed E-state index contributed by atoms with van der Waals surface area (Å²) in [6.45, 7) is 1.46. The van der Waals surface area contributed by atoms with Gasteiger partial charge in [0.1, 0.15) is 11.6 Å². The van der Waals surface area contributed by atoms with E-state index >= 15 is 0 Å². The summed E-state index contributed by atoms with van der Waals surface area (Å²) in [5, 5.41) is 6.05. The van der Waals surface area contributed by atoms with Gasteiger partial charge in [-0.25, -0.2) is 17.1 Å². The van der Waals surface area contributed by atoms with Crippen LogP contribution in [0.5, 0.6) is 0 Å². The minimum Gasteiger partial charge on any atom is -0.360 e. The molecule has 2 rings (SSSR count). The number of aromatic nitrogens is 1. The van der Waals surface area contributed by atoms with Crippen molar-refractivity contribution in [3.8, 4) is 0 Å². The Bertz CT molecular complexity index is 833. The Kier molecular flexibility index (Phi) is 5.45. The molecule has 130 valence electrons. The van der Waals surface area contributed by atoms with Gasteiger partial charge in [0, 0.05) is 12.6 Å². The molecule has 7 nitrogen and oxygen atoms in total. The molecule has 1 amide bonds. The van der Waals surface area contributed by atoms with Crippen LogP contribution in [0.1, 0.15) is 16.1 Å². The Labute approximate surface area is 143 Å². The quantitative estimate of drug-likeness (QED) is 0.833. The zero-order valence-corrected chi connectivity index (χ0v) is 14.5. The van der Waals surface area contributed by atoms with Crippen molar-refractivity contribution >= 4 is 33.3 Å². The topological polar surface area (TPSA) is 92.5 Å². The van der Waals surface area contributed by atoms with Crippen LogP contribution in [-0.2, 0) is 10.0 Å². The molecular formula is C14H15ClFN3O4S.